The van der Waals surface area contributed by atoms with Crippen LogP contribution < -0.4 is 5.32 Å². The van der Waals surface area contributed by atoms with Gasteiger partial charge in [0, 0.05) is 23.7 Å². The second-order valence-electron chi connectivity index (χ2n) is 8.90. The fourth-order valence-corrected chi connectivity index (χ4v) is 5.97. The van der Waals surface area contributed by atoms with E-state index >= 15 is 0 Å². The van der Waals surface area contributed by atoms with Crippen molar-refractivity contribution in [3.63, 3.8) is 0 Å². The number of anilines is 2. The molecule has 1 aliphatic rings. The SMILES string of the molecule is Cc1cc(-c2cnc(Nc3cnc(CN(C)C)cn3)s2)nc(SC2CCCCCCCC2)n1. The lowest BCUT2D eigenvalue weighted by Gasteiger charge is -2.14. The maximum absolute atomic E-state index is 4.90. The monoisotopic (exact) mass is 483 g/mol. The smallest absolute Gasteiger partial charge is 0.188 e. The summed E-state index contributed by atoms with van der Waals surface area (Å²) >= 11 is 3.43. The predicted molar refractivity (Wildman–Crippen MR) is 137 cm³/mol. The van der Waals surface area contributed by atoms with Gasteiger partial charge < -0.3 is 10.2 Å². The van der Waals surface area contributed by atoms with Crippen LogP contribution >= 0.6 is 23.1 Å². The molecule has 3 aromatic rings. The number of hydrogen-bond donors (Lipinski definition) is 1. The van der Waals surface area contributed by atoms with Gasteiger partial charge in [-0.3, -0.25) is 4.98 Å². The van der Waals surface area contributed by atoms with Crippen molar-refractivity contribution >= 4 is 34.0 Å². The zero-order valence-corrected chi connectivity index (χ0v) is 21.4. The summed E-state index contributed by atoms with van der Waals surface area (Å²) in [4.78, 5) is 26.2. The quantitative estimate of drug-likeness (QED) is 0.404. The maximum Gasteiger partial charge on any atom is 0.188 e. The second kappa shape index (κ2) is 11.9. The molecule has 0 radical (unpaired) electrons. The average Bonchev–Trinajstić information content (AvgIpc) is 3.28. The Hall–Kier alpha value is -2.10. The molecule has 3 aromatic heterocycles. The fourth-order valence-electron chi connectivity index (χ4n) is 3.97. The van der Waals surface area contributed by atoms with Crippen LogP contribution in [0.5, 0.6) is 0 Å². The molecule has 1 saturated carbocycles. The van der Waals surface area contributed by atoms with Gasteiger partial charge in [-0.25, -0.2) is 19.9 Å². The number of nitrogens with zero attached hydrogens (tertiary/aromatic N) is 6. The van der Waals surface area contributed by atoms with Crippen molar-refractivity contribution in [2.24, 2.45) is 0 Å². The number of rotatable bonds is 7. The first-order chi connectivity index (χ1) is 16.0. The first-order valence-corrected chi connectivity index (χ1v) is 13.5. The van der Waals surface area contributed by atoms with Crippen LogP contribution in [0.4, 0.5) is 10.9 Å². The molecule has 0 spiro atoms. The second-order valence-corrected chi connectivity index (χ2v) is 11.2. The van der Waals surface area contributed by atoms with Crippen molar-refractivity contribution in [1.29, 1.82) is 0 Å². The Balaban J connectivity index is 1.43. The molecule has 0 amide bonds. The van der Waals surface area contributed by atoms with Crippen LogP contribution in [-0.4, -0.2) is 49.2 Å². The van der Waals surface area contributed by atoms with Gasteiger partial charge in [0.25, 0.3) is 0 Å². The first-order valence-electron chi connectivity index (χ1n) is 11.8. The fraction of sp³-hybridized carbons (Fsp3) is 0.542. The van der Waals surface area contributed by atoms with Crippen LogP contribution in [0.3, 0.4) is 0 Å². The van der Waals surface area contributed by atoms with Crippen LogP contribution in [0.2, 0.25) is 0 Å². The molecule has 0 unspecified atom stereocenters. The summed E-state index contributed by atoms with van der Waals surface area (Å²) in [6.07, 6.45) is 16.1. The minimum atomic E-state index is 0.616. The molecular weight excluding hydrogens is 450 g/mol. The van der Waals surface area contributed by atoms with Crippen molar-refractivity contribution in [2.75, 3.05) is 19.4 Å². The van der Waals surface area contributed by atoms with Crippen molar-refractivity contribution < 1.29 is 0 Å². The normalized spacial score (nSPS) is 15.8. The summed E-state index contributed by atoms with van der Waals surface area (Å²) in [6, 6.07) is 2.04. The van der Waals surface area contributed by atoms with Gasteiger partial charge >= 0.3 is 0 Å². The topological polar surface area (TPSA) is 79.7 Å². The highest BCUT2D eigenvalue weighted by molar-refractivity contribution is 7.99. The lowest BCUT2D eigenvalue weighted by Crippen LogP contribution is -2.12. The van der Waals surface area contributed by atoms with E-state index in [1.807, 2.05) is 45.0 Å². The van der Waals surface area contributed by atoms with E-state index < -0.39 is 0 Å². The van der Waals surface area contributed by atoms with Crippen LogP contribution in [0.1, 0.15) is 62.8 Å². The molecule has 0 bridgehead atoms. The van der Waals surface area contributed by atoms with Crippen molar-refractivity contribution in [3.8, 4) is 10.6 Å². The third-order valence-electron chi connectivity index (χ3n) is 5.58. The van der Waals surface area contributed by atoms with Gasteiger partial charge in [-0.15, -0.1) is 0 Å². The summed E-state index contributed by atoms with van der Waals surface area (Å²) < 4.78 is 0. The van der Waals surface area contributed by atoms with E-state index in [4.69, 9.17) is 9.97 Å². The zero-order valence-electron chi connectivity index (χ0n) is 19.8. The Bertz CT molecular complexity index is 1010. The Kier molecular flexibility index (Phi) is 8.63. The summed E-state index contributed by atoms with van der Waals surface area (Å²) in [5.41, 5.74) is 2.87. The van der Waals surface area contributed by atoms with E-state index in [1.165, 1.54) is 51.4 Å². The molecule has 0 aliphatic heterocycles. The highest BCUT2D eigenvalue weighted by Gasteiger charge is 2.16. The minimum Gasteiger partial charge on any atom is -0.315 e. The number of thioether (sulfide) groups is 1. The Morgan fingerprint density at radius 1 is 0.970 bits per heavy atom. The third kappa shape index (κ3) is 7.45. The molecule has 0 saturated heterocycles. The number of hydrogen-bond acceptors (Lipinski definition) is 9. The molecule has 4 rings (SSSR count). The van der Waals surface area contributed by atoms with Crippen LogP contribution in [-0.2, 0) is 6.54 Å². The van der Waals surface area contributed by atoms with Gasteiger partial charge in [0.15, 0.2) is 16.1 Å². The van der Waals surface area contributed by atoms with E-state index in [0.717, 1.165) is 38.8 Å². The van der Waals surface area contributed by atoms with E-state index in [2.05, 4.69) is 25.2 Å². The minimum absolute atomic E-state index is 0.616. The first kappa shape index (κ1) is 24.0. The molecule has 1 aliphatic carbocycles. The highest BCUT2D eigenvalue weighted by atomic mass is 32.2. The summed E-state index contributed by atoms with van der Waals surface area (Å²) in [5.74, 6) is 0.689. The Morgan fingerprint density at radius 3 is 2.42 bits per heavy atom. The average molecular weight is 484 g/mol. The molecule has 0 aromatic carbocycles. The van der Waals surface area contributed by atoms with Gasteiger partial charge in [0.1, 0.15) is 0 Å². The van der Waals surface area contributed by atoms with Crippen molar-refractivity contribution in [1.82, 2.24) is 29.8 Å². The molecule has 176 valence electrons. The van der Waals surface area contributed by atoms with E-state index in [9.17, 15) is 0 Å². The van der Waals surface area contributed by atoms with E-state index in [0.29, 0.717) is 11.1 Å². The molecule has 1 fully saturated rings. The molecule has 9 heteroatoms. The molecular formula is C24H33N7S2. The molecule has 0 atom stereocenters. The molecule has 7 nitrogen and oxygen atoms in total. The maximum atomic E-state index is 4.90. The predicted octanol–water partition coefficient (Wildman–Crippen LogP) is 6.10. The van der Waals surface area contributed by atoms with Crippen molar-refractivity contribution in [3.05, 3.63) is 36.0 Å². The van der Waals surface area contributed by atoms with Gasteiger partial charge in [-0.2, -0.15) is 0 Å². The Labute approximate surface area is 204 Å². The van der Waals surface area contributed by atoms with Gasteiger partial charge in [0.2, 0.25) is 0 Å². The summed E-state index contributed by atoms with van der Waals surface area (Å²) in [6.45, 7) is 2.81. The van der Waals surface area contributed by atoms with Crippen LogP contribution in [0.25, 0.3) is 10.6 Å². The number of aryl methyl sites for hydroxylation is 1. The highest BCUT2D eigenvalue weighted by Crippen LogP contribution is 2.33. The standard InChI is InChI=1S/C24H33N7S2/c1-17-12-20(29-24(28-17)32-19-10-8-6-4-5-7-9-11-19)21-14-27-23(33-21)30-22-15-25-18(13-26-22)16-31(2)3/h12-15,19H,4-11,16H2,1-3H3,(H,26,27,30). The lowest BCUT2D eigenvalue weighted by atomic mass is 10.1. The largest absolute Gasteiger partial charge is 0.315 e. The molecule has 33 heavy (non-hydrogen) atoms. The summed E-state index contributed by atoms with van der Waals surface area (Å²) in [7, 11) is 4.03. The van der Waals surface area contributed by atoms with Gasteiger partial charge in [-0.1, -0.05) is 61.6 Å². The number of aromatic nitrogens is 5. The molecule has 3 heterocycles. The summed E-state index contributed by atoms with van der Waals surface area (Å²) in [5, 5.41) is 5.54. The molecule has 1 N–H and O–H groups in total. The Morgan fingerprint density at radius 2 is 1.73 bits per heavy atom. The van der Waals surface area contributed by atoms with Gasteiger partial charge in [-0.05, 0) is 39.9 Å². The van der Waals surface area contributed by atoms with E-state index in [-0.39, 0.29) is 0 Å². The van der Waals surface area contributed by atoms with Crippen molar-refractivity contribution in [2.45, 2.75) is 75.2 Å². The number of nitrogens with one attached hydrogen (secondary N) is 1. The van der Waals surface area contributed by atoms with E-state index in [1.54, 1.807) is 23.7 Å². The number of thiazole rings is 1. The van der Waals surface area contributed by atoms with Crippen LogP contribution in [0.15, 0.2) is 29.8 Å². The van der Waals surface area contributed by atoms with Crippen LogP contribution in [0, 0.1) is 6.92 Å². The van der Waals surface area contributed by atoms with Gasteiger partial charge in [0.05, 0.1) is 28.7 Å². The zero-order chi connectivity index (χ0) is 23.0. The third-order valence-corrected chi connectivity index (χ3v) is 7.72. The lowest BCUT2D eigenvalue weighted by molar-refractivity contribution is 0.396.